The van der Waals surface area contributed by atoms with Gasteiger partial charge in [0, 0.05) is 6.07 Å². The third kappa shape index (κ3) is 4.19. The highest BCUT2D eigenvalue weighted by Crippen LogP contribution is 2.39. The molecule has 0 radical (unpaired) electrons. The van der Waals surface area contributed by atoms with Crippen LogP contribution in [0.2, 0.25) is 0 Å². The van der Waals surface area contributed by atoms with Gasteiger partial charge in [0.25, 0.3) is 10.0 Å². The van der Waals surface area contributed by atoms with Crippen molar-refractivity contribution in [1.82, 2.24) is 0 Å². The van der Waals surface area contributed by atoms with Crippen molar-refractivity contribution in [2.75, 3.05) is 18.0 Å². The van der Waals surface area contributed by atoms with Crippen molar-refractivity contribution in [2.24, 2.45) is 0 Å². The van der Waals surface area contributed by atoms with Gasteiger partial charge in [0.2, 0.25) is 11.6 Å². The lowest BCUT2D eigenvalue weighted by atomic mass is 10.2. The summed E-state index contributed by atoms with van der Waals surface area (Å²) < 4.78 is 109. The van der Waals surface area contributed by atoms with Crippen LogP contribution in [0.3, 0.4) is 0 Å². The molecule has 0 unspecified atom stereocenters. The van der Waals surface area contributed by atoms with Gasteiger partial charge in [0.15, 0.2) is 33.8 Å². The molecule has 1 saturated carbocycles. The first-order chi connectivity index (χ1) is 15.1. The molecule has 2 aromatic carbocycles. The van der Waals surface area contributed by atoms with Gasteiger partial charge in [-0.2, -0.15) is 4.39 Å². The van der Waals surface area contributed by atoms with Crippen LogP contribution in [0, 0.1) is 41.4 Å². The fourth-order valence-corrected chi connectivity index (χ4v) is 4.96. The molecule has 0 aromatic heterocycles. The van der Waals surface area contributed by atoms with Gasteiger partial charge in [-0.3, -0.25) is 4.31 Å². The minimum absolute atomic E-state index is 0.220. The van der Waals surface area contributed by atoms with Crippen molar-refractivity contribution in [2.45, 2.75) is 36.7 Å². The monoisotopic (exact) mass is 475 g/mol. The maximum Gasteiger partial charge on any atom is 0.272 e. The minimum Gasteiger partial charge on any atom is -0.494 e. The van der Waals surface area contributed by atoms with Crippen LogP contribution in [0.1, 0.15) is 25.7 Å². The van der Waals surface area contributed by atoms with Crippen LogP contribution in [0.5, 0.6) is 11.5 Å². The first-order valence-electron chi connectivity index (χ1n) is 9.45. The molecule has 11 heteroatoms. The van der Waals surface area contributed by atoms with Gasteiger partial charge in [-0.25, -0.2) is 26.0 Å². The smallest absolute Gasteiger partial charge is 0.272 e. The summed E-state index contributed by atoms with van der Waals surface area (Å²) >= 11 is 0. The Morgan fingerprint density at radius 1 is 1.06 bits per heavy atom. The Labute approximate surface area is 181 Å². The van der Waals surface area contributed by atoms with Gasteiger partial charge >= 0.3 is 0 Å². The Kier molecular flexibility index (Phi) is 6.83. The van der Waals surface area contributed by atoms with E-state index < -0.39 is 62.4 Å². The molecule has 0 bridgehead atoms. The molecule has 172 valence electrons. The van der Waals surface area contributed by atoms with E-state index in [4.69, 9.17) is 15.9 Å². The summed E-state index contributed by atoms with van der Waals surface area (Å²) in [5, 5.41) is 0. The highest BCUT2D eigenvalue weighted by molar-refractivity contribution is 7.93. The first kappa shape index (κ1) is 23.7. The van der Waals surface area contributed by atoms with Crippen molar-refractivity contribution >= 4 is 15.7 Å². The van der Waals surface area contributed by atoms with Gasteiger partial charge in [0.1, 0.15) is 0 Å². The zero-order chi connectivity index (χ0) is 23.6. The summed E-state index contributed by atoms with van der Waals surface area (Å²) in [6.07, 6.45) is 6.62. The Morgan fingerprint density at radius 3 is 2.25 bits per heavy atom. The predicted octanol–water partition coefficient (Wildman–Crippen LogP) is 4.54. The number of nitrogens with zero attached hydrogens (tertiary/aromatic N) is 1. The summed E-state index contributed by atoms with van der Waals surface area (Å²) in [6.45, 7) is -0.753. The SMILES string of the molecule is C#CCN(c1ccc(OC)c(F)c1)S(=O)(=O)c1c(F)c(F)c(F)c(F)c1OC1CCCC1. The Hall–Kier alpha value is -3.00. The molecular formula is C21H18F5NO4S. The molecule has 0 spiro atoms. The molecule has 0 heterocycles. The number of ether oxygens (including phenoxy) is 2. The van der Waals surface area contributed by atoms with Crippen LogP contribution in [0.15, 0.2) is 23.1 Å². The Morgan fingerprint density at radius 2 is 1.69 bits per heavy atom. The number of anilines is 1. The van der Waals surface area contributed by atoms with Crippen LogP contribution >= 0.6 is 0 Å². The lowest BCUT2D eigenvalue weighted by molar-refractivity contribution is 0.187. The van der Waals surface area contributed by atoms with E-state index in [-0.39, 0.29) is 11.4 Å². The molecule has 0 atom stereocenters. The number of terminal acetylenes is 1. The van der Waals surface area contributed by atoms with E-state index in [1.165, 1.54) is 7.11 Å². The maximum absolute atomic E-state index is 14.8. The standard InChI is InChI=1S/C21H18F5NO4S/c1-3-10-27(12-8-9-15(30-2)14(22)11-12)32(28,29)21-19(26)17(24)16(23)18(25)20(21)31-13-6-4-5-7-13/h1,8-9,11,13H,4-7,10H2,2H3. The molecule has 0 N–H and O–H groups in total. The second-order valence-corrected chi connectivity index (χ2v) is 8.77. The zero-order valence-electron chi connectivity index (χ0n) is 16.8. The molecular weight excluding hydrogens is 457 g/mol. The van der Waals surface area contributed by atoms with E-state index in [0.717, 1.165) is 18.2 Å². The van der Waals surface area contributed by atoms with Gasteiger partial charge in [-0.15, -0.1) is 6.42 Å². The van der Waals surface area contributed by atoms with E-state index in [1.807, 2.05) is 5.92 Å². The molecule has 2 aromatic rings. The third-order valence-corrected chi connectivity index (χ3v) is 6.78. The average Bonchev–Trinajstić information content (AvgIpc) is 3.27. The lowest BCUT2D eigenvalue weighted by Gasteiger charge is -2.25. The molecule has 3 rings (SSSR count). The maximum atomic E-state index is 14.8. The van der Waals surface area contributed by atoms with Crippen LogP contribution in [-0.2, 0) is 10.0 Å². The number of methoxy groups -OCH3 is 1. The highest BCUT2D eigenvalue weighted by Gasteiger charge is 2.39. The predicted molar refractivity (Wildman–Crippen MR) is 105 cm³/mol. The molecule has 0 saturated heterocycles. The summed E-state index contributed by atoms with van der Waals surface area (Å²) in [5.74, 6) is -9.18. The number of hydrogen-bond acceptors (Lipinski definition) is 4. The van der Waals surface area contributed by atoms with Crippen molar-refractivity contribution < 1.29 is 39.8 Å². The van der Waals surface area contributed by atoms with Crippen molar-refractivity contribution in [3.63, 3.8) is 0 Å². The van der Waals surface area contributed by atoms with Crippen molar-refractivity contribution in [3.05, 3.63) is 47.3 Å². The number of benzene rings is 2. The summed E-state index contributed by atoms with van der Waals surface area (Å²) in [4.78, 5) is -1.56. The Balaban J connectivity index is 2.22. The number of sulfonamides is 1. The third-order valence-electron chi connectivity index (χ3n) is 4.98. The fraction of sp³-hybridized carbons (Fsp3) is 0.333. The zero-order valence-corrected chi connectivity index (χ0v) is 17.6. The number of halogens is 5. The van der Waals surface area contributed by atoms with E-state index in [1.54, 1.807) is 0 Å². The summed E-state index contributed by atoms with van der Waals surface area (Å²) in [6, 6.07) is 2.92. The second-order valence-electron chi connectivity index (χ2n) is 6.97. The topological polar surface area (TPSA) is 55.8 Å². The molecule has 5 nitrogen and oxygen atoms in total. The first-order valence-corrected chi connectivity index (χ1v) is 10.9. The van der Waals surface area contributed by atoms with Crippen LogP contribution in [-0.4, -0.2) is 28.2 Å². The average molecular weight is 475 g/mol. The Bertz CT molecular complexity index is 1170. The largest absolute Gasteiger partial charge is 0.494 e. The number of rotatable bonds is 7. The van der Waals surface area contributed by atoms with Gasteiger partial charge in [-0.1, -0.05) is 5.92 Å². The fourth-order valence-electron chi connectivity index (χ4n) is 3.42. The van der Waals surface area contributed by atoms with Crippen molar-refractivity contribution in [1.29, 1.82) is 0 Å². The van der Waals surface area contributed by atoms with Crippen LogP contribution in [0.4, 0.5) is 27.6 Å². The van der Waals surface area contributed by atoms with Gasteiger partial charge in [0.05, 0.1) is 25.4 Å². The van der Waals surface area contributed by atoms with Crippen molar-refractivity contribution in [3.8, 4) is 23.8 Å². The lowest BCUT2D eigenvalue weighted by Crippen LogP contribution is -2.33. The van der Waals surface area contributed by atoms with E-state index in [9.17, 15) is 30.4 Å². The van der Waals surface area contributed by atoms with Gasteiger partial charge in [-0.05, 0) is 37.8 Å². The van der Waals surface area contributed by atoms with Crippen LogP contribution < -0.4 is 13.8 Å². The molecule has 0 aliphatic heterocycles. The molecule has 32 heavy (non-hydrogen) atoms. The van der Waals surface area contributed by atoms with E-state index in [0.29, 0.717) is 30.0 Å². The molecule has 1 aliphatic rings. The molecule has 1 aliphatic carbocycles. The summed E-state index contributed by atoms with van der Waals surface area (Å²) in [5.41, 5.74) is -0.377. The van der Waals surface area contributed by atoms with Gasteiger partial charge < -0.3 is 9.47 Å². The van der Waals surface area contributed by atoms with Crippen LogP contribution in [0.25, 0.3) is 0 Å². The second kappa shape index (κ2) is 9.24. The minimum atomic E-state index is -5.18. The molecule has 0 amide bonds. The molecule has 1 fully saturated rings. The highest BCUT2D eigenvalue weighted by atomic mass is 32.2. The van der Waals surface area contributed by atoms with E-state index in [2.05, 4.69) is 0 Å². The van der Waals surface area contributed by atoms with E-state index >= 15 is 0 Å². The summed E-state index contributed by atoms with van der Waals surface area (Å²) in [7, 11) is -4.00. The normalized spacial score (nSPS) is 14.3. The number of hydrogen-bond donors (Lipinski definition) is 0. The quantitative estimate of drug-likeness (QED) is 0.255.